The largest absolute Gasteiger partial charge is 0.381 e. The summed E-state index contributed by atoms with van der Waals surface area (Å²) in [5.74, 6) is -0.136. The van der Waals surface area contributed by atoms with Gasteiger partial charge >= 0.3 is 0 Å². The van der Waals surface area contributed by atoms with Crippen LogP contribution in [0, 0.1) is 5.82 Å². The average Bonchev–Trinajstić information content (AvgIpc) is 2.45. The molecule has 0 aliphatic carbocycles. The molecule has 3 nitrogen and oxygen atoms in total. The van der Waals surface area contributed by atoms with E-state index in [0.29, 0.717) is 12.6 Å². The molecule has 1 heterocycles. The van der Waals surface area contributed by atoms with Crippen LogP contribution in [-0.4, -0.2) is 31.8 Å². The van der Waals surface area contributed by atoms with Crippen LogP contribution in [0.5, 0.6) is 0 Å². The van der Waals surface area contributed by atoms with Crippen LogP contribution < -0.4 is 10.2 Å². The molecule has 0 amide bonds. The highest BCUT2D eigenvalue weighted by Gasteiger charge is 2.22. The van der Waals surface area contributed by atoms with Gasteiger partial charge in [-0.2, -0.15) is 0 Å². The molecule has 0 unspecified atom stereocenters. The average molecular weight is 294 g/mol. The monoisotopic (exact) mass is 294 g/mol. The lowest BCUT2D eigenvalue weighted by molar-refractivity contribution is 0.0854. The van der Waals surface area contributed by atoms with Gasteiger partial charge in [-0.25, -0.2) is 4.39 Å². The Morgan fingerprint density at radius 1 is 1.29 bits per heavy atom. The van der Waals surface area contributed by atoms with Crippen LogP contribution in [0.3, 0.4) is 0 Å². The van der Waals surface area contributed by atoms with Crippen molar-refractivity contribution in [2.75, 3.05) is 25.2 Å². The van der Waals surface area contributed by atoms with Crippen LogP contribution >= 0.6 is 0 Å². The smallest absolute Gasteiger partial charge is 0.129 e. The van der Waals surface area contributed by atoms with Gasteiger partial charge in [0.1, 0.15) is 5.82 Å². The molecule has 1 fully saturated rings. The predicted molar refractivity (Wildman–Crippen MR) is 85.2 cm³/mol. The number of nitrogens with one attached hydrogen (secondary N) is 1. The van der Waals surface area contributed by atoms with Crippen molar-refractivity contribution in [2.45, 2.75) is 51.7 Å². The van der Waals surface area contributed by atoms with E-state index in [1.54, 1.807) is 12.1 Å². The van der Waals surface area contributed by atoms with E-state index < -0.39 is 0 Å². The summed E-state index contributed by atoms with van der Waals surface area (Å²) in [6, 6.07) is 5.77. The Morgan fingerprint density at radius 2 is 1.95 bits per heavy atom. The number of hydrogen-bond donors (Lipinski definition) is 1. The van der Waals surface area contributed by atoms with Crippen LogP contribution in [0.1, 0.15) is 39.2 Å². The van der Waals surface area contributed by atoms with Gasteiger partial charge in [-0.15, -0.1) is 0 Å². The molecule has 118 valence electrons. The first-order valence-corrected chi connectivity index (χ1v) is 7.71. The van der Waals surface area contributed by atoms with Crippen molar-refractivity contribution in [3.05, 3.63) is 29.6 Å². The Balaban J connectivity index is 2.19. The van der Waals surface area contributed by atoms with E-state index in [1.165, 1.54) is 0 Å². The predicted octanol–water partition coefficient (Wildman–Crippen LogP) is 3.33. The minimum Gasteiger partial charge on any atom is -0.381 e. The summed E-state index contributed by atoms with van der Waals surface area (Å²) >= 11 is 0. The second kappa shape index (κ2) is 6.75. The lowest BCUT2D eigenvalue weighted by Gasteiger charge is -2.34. The van der Waals surface area contributed by atoms with Gasteiger partial charge in [0.25, 0.3) is 0 Å². The van der Waals surface area contributed by atoms with Crippen molar-refractivity contribution in [3.8, 4) is 0 Å². The van der Waals surface area contributed by atoms with Gasteiger partial charge in [0.05, 0.1) is 0 Å². The topological polar surface area (TPSA) is 24.5 Å². The highest BCUT2D eigenvalue weighted by molar-refractivity contribution is 5.54. The molecular formula is C17H27FN2O. The molecule has 1 aromatic carbocycles. The number of nitrogens with zero attached hydrogens (tertiary/aromatic N) is 1. The van der Waals surface area contributed by atoms with Gasteiger partial charge in [0.15, 0.2) is 0 Å². The Kier molecular flexibility index (Phi) is 5.22. The maximum Gasteiger partial charge on any atom is 0.129 e. The van der Waals surface area contributed by atoms with Crippen molar-refractivity contribution in [3.63, 3.8) is 0 Å². The van der Waals surface area contributed by atoms with Crippen LogP contribution in [0.25, 0.3) is 0 Å². The zero-order valence-corrected chi connectivity index (χ0v) is 13.6. The van der Waals surface area contributed by atoms with E-state index in [2.05, 4.69) is 38.0 Å². The molecule has 4 heteroatoms. The summed E-state index contributed by atoms with van der Waals surface area (Å²) in [6.45, 7) is 8.40. The first-order valence-electron chi connectivity index (χ1n) is 7.71. The highest BCUT2D eigenvalue weighted by Crippen LogP contribution is 2.27. The molecule has 1 aliphatic rings. The van der Waals surface area contributed by atoms with E-state index in [9.17, 15) is 4.39 Å². The van der Waals surface area contributed by atoms with Crippen LogP contribution in [-0.2, 0) is 11.3 Å². The summed E-state index contributed by atoms with van der Waals surface area (Å²) in [4.78, 5) is 2.21. The van der Waals surface area contributed by atoms with Gasteiger partial charge in [-0.1, -0.05) is 6.07 Å². The Morgan fingerprint density at radius 3 is 2.57 bits per heavy atom. The van der Waals surface area contributed by atoms with E-state index >= 15 is 0 Å². The summed E-state index contributed by atoms with van der Waals surface area (Å²) in [6.07, 6.45) is 2.00. The fourth-order valence-corrected chi connectivity index (χ4v) is 2.68. The van der Waals surface area contributed by atoms with E-state index in [1.807, 2.05) is 6.07 Å². The number of benzene rings is 1. The van der Waals surface area contributed by atoms with Crippen molar-refractivity contribution < 1.29 is 9.13 Å². The second-order valence-corrected chi connectivity index (χ2v) is 6.80. The van der Waals surface area contributed by atoms with Gasteiger partial charge in [0.2, 0.25) is 0 Å². The summed E-state index contributed by atoms with van der Waals surface area (Å²) in [5.41, 5.74) is 1.71. The molecule has 0 atom stereocenters. The first kappa shape index (κ1) is 16.2. The second-order valence-electron chi connectivity index (χ2n) is 6.80. The molecule has 1 aromatic rings. The molecule has 0 aromatic heterocycles. The molecule has 0 spiro atoms. The summed E-state index contributed by atoms with van der Waals surface area (Å²) in [7, 11) is 2.06. The van der Waals surface area contributed by atoms with Crippen molar-refractivity contribution in [1.29, 1.82) is 0 Å². The molecule has 2 rings (SSSR count). The minimum absolute atomic E-state index is 0.0310. The molecule has 21 heavy (non-hydrogen) atoms. The molecule has 1 aliphatic heterocycles. The molecule has 0 saturated carbocycles. The fraction of sp³-hybridized carbons (Fsp3) is 0.647. The van der Waals surface area contributed by atoms with Gasteiger partial charge in [0, 0.05) is 49.6 Å². The summed E-state index contributed by atoms with van der Waals surface area (Å²) in [5, 5.41) is 3.39. The lowest BCUT2D eigenvalue weighted by atomic mass is 10.0. The number of hydrogen-bond acceptors (Lipinski definition) is 3. The van der Waals surface area contributed by atoms with E-state index in [4.69, 9.17) is 4.74 Å². The molecule has 1 N–H and O–H groups in total. The van der Waals surface area contributed by atoms with Gasteiger partial charge in [-0.05, 0) is 45.7 Å². The fourth-order valence-electron chi connectivity index (χ4n) is 2.68. The van der Waals surface area contributed by atoms with Crippen molar-refractivity contribution in [1.82, 2.24) is 5.32 Å². The first-order chi connectivity index (χ1) is 9.88. The zero-order valence-electron chi connectivity index (χ0n) is 13.6. The van der Waals surface area contributed by atoms with Crippen LogP contribution in [0.4, 0.5) is 10.1 Å². The van der Waals surface area contributed by atoms with Crippen molar-refractivity contribution in [2.24, 2.45) is 0 Å². The molecular weight excluding hydrogens is 267 g/mol. The van der Waals surface area contributed by atoms with Crippen molar-refractivity contribution >= 4 is 5.69 Å². The number of anilines is 1. The normalized spacial score (nSPS) is 17.0. The van der Waals surface area contributed by atoms with E-state index in [-0.39, 0.29) is 11.4 Å². The Bertz CT molecular complexity index is 464. The highest BCUT2D eigenvalue weighted by atomic mass is 19.1. The third-order valence-electron chi connectivity index (χ3n) is 4.01. The van der Waals surface area contributed by atoms with Gasteiger partial charge in [-0.3, -0.25) is 0 Å². The molecule has 0 radical (unpaired) electrons. The molecule has 1 saturated heterocycles. The Labute approximate surface area is 127 Å². The zero-order chi connectivity index (χ0) is 15.5. The standard InChI is InChI=1S/C17H27FN2O/c1-17(2,3)19-12-14-15(18)6-5-7-16(14)20(4)13-8-10-21-11-9-13/h5-7,13,19H,8-12H2,1-4H3. The maximum atomic E-state index is 14.3. The molecule has 0 bridgehead atoms. The minimum atomic E-state index is -0.136. The number of halogens is 1. The SMILES string of the molecule is CN(c1cccc(F)c1CNC(C)(C)C)C1CCOCC1. The lowest BCUT2D eigenvalue weighted by Crippen LogP contribution is -2.39. The van der Waals surface area contributed by atoms with Crippen LogP contribution in [0.2, 0.25) is 0 Å². The quantitative estimate of drug-likeness (QED) is 0.922. The van der Waals surface area contributed by atoms with E-state index in [0.717, 1.165) is 37.3 Å². The number of rotatable bonds is 4. The van der Waals surface area contributed by atoms with Crippen LogP contribution in [0.15, 0.2) is 18.2 Å². The Hall–Kier alpha value is -1.13. The maximum absolute atomic E-state index is 14.3. The summed E-state index contributed by atoms with van der Waals surface area (Å²) < 4.78 is 19.7. The third kappa shape index (κ3) is 4.42. The van der Waals surface area contributed by atoms with Gasteiger partial charge < -0.3 is 15.0 Å². The third-order valence-corrected chi connectivity index (χ3v) is 4.01. The number of ether oxygens (including phenoxy) is 1.